The zero-order chi connectivity index (χ0) is 17.1. The Labute approximate surface area is 146 Å². The molecule has 24 heavy (non-hydrogen) atoms. The van der Waals surface area contributed by atoms with Crippen LogP contribution in [0.25, 0.3) is 0 Å². The average Bonchev–Trinajstić information content (AvgIpc) is 3.01. The number of nitrogens with zero attached hydrogens (tertiary/aromatic N) is 3. The number of hydrogen-bond donors (Lipinski definition) is 1. The summed E-state index contributed by atoms with van der Waals surface area (Å²) >= 11 is 6.00. The van der Waals surface area contributed by atoms with E-state index in [0.29, 0.717) is 35.5 Å². The normalized spacial score (nSPS) is 15.4. The van der Waals surface area contributed by atoms with Crippen molar-refractivity contribution in [2.75, 3.05) is 25.5 Å². The zero-order valence-electron chi connectivity index (χ0n) is 13.8. The van der Waals surface area contributed by atoms with Gasteiger partial charge in [-0.05, 0) is 31.0 Å². The lowest BCUT2D eigenvalue weighted by atomic mass is 9.96. The third-order valence-corrected chi connectivity index (χ3v) is 4.64. The topological polar surface area (TPSA) is 59.4 Å². The third kappa shape index (κ3) is 3.48. The molecule has 2 aromatic rings. The van der Waals surface area contributed by atoms with Crippen molar-refractivity contribution >= 4 is 23.3 Å². The Morgan fingerprint density at radius 2 is 2.12 bits per heavy atom. The monoisotopic (exact) mass is 348 g/mol. The number of amides is 2. The maximum Gasteiger partial charge on any atom is 0.321 e. The molecular weight excluding hydrogens is 328 g/mol. The minimum Gasteiger partial charge on any atom is -0.495 e. The number of imidazole rings is 1. The predicted octanol–water partition coefficient (Wildman–Crippen LogP) is 3.49. The number of ether oxygens (including phenoxy) is 1. The number of nitrogens with one attached hydrogen (secondary N) is 1. The minimum atomic E-state index is -0.131. The van der Waals surface area contributed by atoms with Crippen LogP contribution in [0.15, 0.2) is 30.6 Å². The summed E-state index contributed by atoms with van der Waals surface area (Å²) in [6.45, 7) is 1.40. The Kier molecular flexibility index (Phi) is 4.94. The first-order valence-electron chi connectivity index (χ1n) is 7.95. The van der Waals surface area contributed by atoms with Crippen molar-refractivity contribution in [3.05, 3.63) is 41.4 Å². The Bertz CT molecular complexity index is 723. The number of halogens is 1. The van der Waals surface area contributed by atoms with Gasteiger partial charge in [0.1, 0.15) is 11.6 Å². The molecular formula is C17H21ClN4O2. The Balaban J connectivity index is 1.62. The summed E-state index contributed by atoms with van der Waals surface area (Å²) in [5.41, 5.74) is 0.584. The molecule has 1 aliphatic rings. The van der Waals surface area contributed by atoms with Crippen molar-refractivity contribution in [1.29, 1.82) is 0 Å². The first-order valence-corrected chi connectivity index (χ1v) is 8.33. The molecule has 0 spiro atoms. The predicted molar refractivity (Wildman–Crippen MR) is 93.8 cm³/mol. The van der Waals surface area contributed by atoms with Crippen LogP contribution in [0.5, 0.6) is 5.75 Å². The van der Waals surface area contributed by atoms with E-state index in [4.69, 9.17) is 16.3 Å². The van der Waals surface area contributed by atoms with Gasteiger partial charge in [-0.25, -0.2) is 9.78 Å². The summed E-state index contributed by atoms with van der Waals surface area (Å²) in [7, 11) is 3.57. The van der Waals surface area contributed by atoms with Crippen LogP contribution in [-0.4, -0.2) is 40.7 Å². The van der Waals surface area contributed by atoms with Gasteiger partial charge < -0.3 is 19.5 Å². The van der Waals surface area contributed by atoms with Gasteiger partial charge in [0.15, 0.2) is 0 Å². The Morgan fingerprint density at radius 1 is 1.38 bits per heavy atom. The second-order valence-corrected chi connectivity index (χ2v) is 6.37. The molecule has 0 atom stereocenters. The molecule has 3 rings (SSSR count). The molecule has 6 nitrogen and oxygen atoms in total. The smallest absolute Gasteiger partial charge is 0.321 e. The molecule has 0 radical (unpaired) electrons. The highest BCUT2D eigenvalue weighted by atomic mass is 35.5. The number of anilines is 1. The highest BCUT2D eigenvalue weighted by Crippen LogP contribution is 2.30. The fourth-order valence-corrected chi connectivity index (χ4v) is 3.26. The largest absolute Gasteiger partial charge is 0.495 e. The molecule has 128 valence electrons. The molecule has 7 heteroatoms. The lowest BCUT2D eigenvalue weighted by Gasteiger charge is -2.31. The van der Waals surface area contributed by atoms with E-state index in [9.17, 15) is 4.79 Å². The summed E-state index contributed by atoms with van der Waals surface area (Å²) in [6, 6.07) is 5.03. The van der Waals surface area contributed by atoms with Crippen molar-refractivity contribution in [2.45, 2.75) is 18.8 Å². The van der Waals surface area contributed by atoms with Gasteiger partial charge in [0, 0.05) is 43.5 Å². The van der Waals surface area contributed by atoms with Gasteiger partial charge in [0.2, 0.25) is 0 Å². The van der Waals surface area contributed by atoms with Crippen LogP contribution >= 0.6 is 11.6 Å². The molecule has 2 amide bonds. The Morgan fingerprint density at radius 3 is 2.75 bits per heavy atom. The molecule has 1 fully saturated rings. The van der Waals surface area contributed by atoms with Crippen molar-refractivity contribution in [3.63, 3.8) is 0 Å². The molecule has 1 aromatic heterocycles. The molecule has 0 bridgehead atoms. The number of methoxy groups -OCH3 is 1. The van der Waals surface area contributed by atoms with Crippen LogP contribution in [0.4, 0.5) is 10.5 Å². The van der Waals surface area contributed by atoms with E-state index in [0.717, 1.165) is 18.7 Å². The number of carbonyl (C=O) groups is 1. The molecule has 0 unspecified atom stereocenters. The fraction of sp³-hybridized carbons (Fsp3) is 0.412. The van der Waals surface area contributed by atoms with E-state index in [-0.39, 0.29) is 6.03 Å². The van der Waals surface area contributed by atoms with Gasteiger partial charge >= 0.3 is 6.03 Å². The lowest BCUT2D eigenvalue weighted by Crippen LogP contribution is -2.41. The molecule has 0 aliphatic carbocycles. The number of piperidine rings is 1. The molecule has 1 N–H and O–H groups in total. The van der Waals surface area contributed by atoms with Crippen molar-refractivity contribution in [3.8, 4) is 5.75 Å². The van der Waals surface area contributed by atoms with Gasteiger partial charge in [0.05, 0.1) is 12.8 Å². The van der Waals surface area contributed by atoms with E-state index in [1.54, 1.807) is 25.3 Å². The summed E-state index contributed by atoms with van der Waals surface area (Å²) in [5, 5.41) is 3.44. The summed E-state index contributed by atoms with van der Waals surface area (Å²) in [6.07, 6.45) is 5.59. The zero-order valence-corrected chi connectivity index (χ0v) is 14.6. The van der Waals surface area contributed by atoms with Crippen molar-refractivity contribution in [1.82, 2.24) is 14.5 Å². The fourth-order valence-electron chi connectivity index (χ4n) is 3.08. The van der Waals surface area contributed by atoms with E-state index in [2.05, 4.69) is 14.9 Å². The molecule has 1 saturated heterocycles. The SMILES string of the molecule is COc1ccc(Cl)cc1NC(=O)N1CCC(c2nccn2C)CC1. The number of rotatable bonds is 3. The number of urea groups is 1. The van der Waals surface area contributed by atoms with Crippen molar-refractivity contribution < 1.29 is 9.53 Å². The number of carbonyl (C=O) groups excluding carboxylic acids is 1. The number of aromatic nitrogens is 2. The number of aryl methyl sites for hydroxylation is 1. The van der Waals surface area contributed by atoms with Crippen LogP contribution in [0.2, 0.25) is 5.02 Å². The lowest BCUT2D eigenvalue weighted by molar-refractivity contribution is 0.193. The molecule has 1 aromatic carbocycles. The number of likely N-dealkylation sites (tertiary alicyclic amines) is 1. The highest BCUT2D eigenvalue weighted by molar-refractivity contribution is 6.31. The summed E-state index contributed by atoms with van der Waals surface area (Å²) in [4.78, 5) is 18.7. The average molecular weight is 349 g/mol. The van der Waals surface area contributed by atoms with Gasteiger partial charge in [-0.15, -0.1) is 0 Å². The minimum absolute atomic E-state index is 0.131. The van der Waals surface area contributed by atoms with Crippen LogP contribution in [0.1, 0.15) is 24.6 Å². The first kappa shape index (κ1) is 16.6. The van der Waals surface area contributed by atoms with E-state index in [1.165, 1.54) is 0 Å². The van der Waals surface area contributed by atoms with Gasteiger partial charge in [-0.3, -0.25) is 0 Å². The van der Waals surface area contributed by atoms with E-state index < -0.39 is 0 Å². The highest BCUT2D eigenvalue weighted by Gasteiger charge is 2.26. The molecule has 2 heterocycles. The van der Waals surface area contributed by atoms with E-state index >= 15 is 0 Å². The maximum atomic E-state index is 12.5. The van der Waals surface area contributed by atoms with E-state index in [1.807, 2.05) is 24.3 Å². The maximum absolute atomic E-state index is 12.5. The summed E-state index contributed by atoms with van der Waals surface area (Å²) < 4.78 is 7.32. The van der Waals surface area contributed by atoms with Crippen LogP contribution in [0.3, 0.4) is 0 Å². The molecule has 0 saturated carbocycles. The standard InChI is InChI=1S/C17H21ClN4O2/c1-21-10-7-19-16(21)12-5-8-22(9-6-12)17(23)20-14-11-13(18)3-4-15(14)24-2/h3-4,7,10-12H,5-6,8-9H2,1-2H3,(H,20,23). The van der Waals surface area contributed by atoms with Crippen LogP contribution in [-0.2, 0) is 7.05 Å². The first-order chi connectivity index (χ1) is 11.6. The molecule has 1 aliphatic heterocycles. The second kappa shape index (κ2) is 7.13. The van der Waals surface area contributed by atoms with Crippen molar-refractivity contribution in [2.24, 2.45) is 7.05 Å². The third-order valence-electron chi connectivity index (χ3n) is 4.41. The van der Waals surface area contributed by atoms with Gasteiger partial charge in [-0.2, -0.15) is 0 Å². The quantitative estimate of drug-likeness (QED) is 0.923. The summed E-state index contributed by atoms with van der Waals surface area (Å²) in [5.74, 6) is 2.08. The number of hydrogen-bond acceptors (Lipinski definition) is 3. The number of benzene rings is 1. The second-order valence-electron chi connectivity index (χ2n) is 5.93. The van der Waals surface area contributed by atoms with Crippen LogP contribution in [0, 0.1) is 0 Å². The van der Waals surface area contributed by atoms with Gasteiger partial charge in [-0.1, -0.05) is 11.6 Å². The Hall–Kier alpha value is -2.21. The van der Waals surface area contributed by atoms with Gasteiger partial charge in [0.25, 0.3) is 0 Å². The van der Waals surface area contributed by atoms with Crippen LogP contribution < -0.4 is 10.1 Å².